The first kappa shape index (κ1) is 17.0. The van der Waals surface area contributed by atoms with E-state index < -0.39 is 0 Å². The molecule has 0 saturated carbocycles. The third-order valence-electron chi connectivity index (χ3n) is 3.99. The first-order valence-electron chi connectivity index (χ1n) is 8.31. The van der Waals surface area contributed by atoms with Gasteiger partial charge in [-0.15, -0.1) is 0 Å². The lowest BCUT2D eigenvalue weighted by Crippen LogP contribution is -2.10. The summed E-state index contributed by atoms with van der Waals surface area (Å²) in [7, 11) is 0. The van der Waals surface area contributed by atoms with Gasteiger partial charge in [0, 0.05) is 12.0 Å². The molecule has 128 valence electrons. The summed E-state index contributed by atoms with van der Waals surface area (Å²) in [4.78, 5) is 16.3. The van der Waals surface area contributed by atoms with Gasteiger partial charge in [0.25, 0.3) is 0 Å². The first-order chi connectivity index (χ1) is 12.0. The highest BCUT2D eigenvalue weighted by Gasteiger charge is 2.11. The average molecular weight is 335 g/mol. The number of aryl methyl sites for hydroxylation is 4. The van der Waals surface area contributed by atoms with Gasteiger partial charge in [-0.2, -0.15) is 0 Å². The summed E-state index contributed by atoms with van der Waals surface area (Å²) in [5.74, 6) is 1.55. The maximum Gasteiger partial charge on any atom is 0.311 e. The maximum absolute atomic E-state index is 12.0. The van der Waals surface area contributed by atoms with Crippen molar-refractivity contribution in [3.8, 4) is 17.1 Å². The van der Waals surface area contributed by atoms with Crippen LogP contribution in [0.15, 0.2) is 53.1 Å². The van der Waals surface area contributed by atoms with Crippen LogP contribution in [0.25, 0.3) is 11.3 Å². The van der Waals surface area contributed by atoms with Crippen LogP contribution in [-0.4, -0.2) is 11.0 Å². The van der Waals surface area contributed by atoms with Crippen molar-refractivity contribution in [3.05, 3.63) is 71.2 Å². The van der Waals surface area contributed by atoms with Gasteiger partial charge in [0.2, 0.25) is 0 Å². The molecule has 0 atom stereocenters. The average Bonchev–Trinajstić information content (AvgIpc) is 3.05. The molecule has 3 rings (SSSR count). The molecule has 25 heavy (non-hydrogen) atoms. The summed E-state index contributed by atoms with van der Waals surface area (Å²) in [6.45, 7) is 5.97. The third-order valence-corrected chi connectivity index (χ3v) is 3.99. The number of aromatic nitrogens is 1. The fourth-order valence-electron chi connectivity index (χ4n) is 2.57. The number of esters is 1. The summed E-state index contributed by atoms with van der Waals surface area (Å²) in [6, 6.07) is 13.8. The number of carbonyl (C=O) groups is 1. The molecule has 0 bridgehead atoms. The number of rotatable bonds is 5. The minimum Gasteiger partial charge on any atom is -0.441 e. The smallest absolute Gasteiger partial charge is 0.311 e. The Morgan fingerprint density at radius 3 is 2.48 bits per heavy atom. The van der Waals surface area contributed by atoms with Gasteiger partial charge in [-0.1, -0.05) is 47.5 Å². The maximum atomic E-state index is 12.0. The predicted molar refractivity (Wildman–Crippen MR) is 96.5 cm³/mol. The second-order valence-electron chi connectivity index (χ2n) is 6.23. The molecule has 0 amide bonds. The quantitative estimate of drug-likeness (QED) is 0.496. The lowest BCUT2D eigenvalue weighted by Gasteiger charge is -2.07. The van der Waals surface area contributed by atoms with Crippen LogP contribution in [0.5, 0.6) is 5.75 Å². The van der Waals surface area contributed by atoms with Crippen LogP contribution in [0, 0.1) is 20.8 Å². The number of benzene rings is 2. The van der Waals surface area contributed by atoms with Gasteiger partial charge in [-0.3, -0.25) is 4.79 Å². The number of oxazole rings is 1. The monoisotopic (exact) mass is 335 g/mol. The standard InChI is InChI=1S/C21H21NO3/c1-14-4-7-17(8-5-14)19-13-22-20(24-19)10-11-21(23)25-18-9-6-15(2)12-16(18)3/h4-9,12-13H,10-11H2,1-3H3. The Morgan fingerprint density at radius 2 is 1.76 bits per heavy atom. The molecule has 4 nitrogen and oxygen atoms in total. The molecule has 0 fully saturated rings. The zero-order valence-electron chi connectivity index (χ0n) is 14.7. The number of carbonyl (C=O) groups excluding carboxylic acids is 1. The highest BCUT2D eigenvalue weighted by Crippen LogP contribution is 2.22. The van der Waals surface area contributed by atoms with Crippen molar-refractivity contribution >= 4 is 5.97 Å². The lowest BCUT2D eigenvalue weighted by atomic mass is 10.1. The summed E-state index contributed by atoms with van der Waals surface area (Å²) in [6.07, 6.45) is 2.33. The Morgan fingerprint density at radius 1 is 1.04 bits per heavy atom. The van der Waals surface area contributed by atoms with Crippen molar-refractivity contribution in [3.63, 3.8) is 0 Å². The van der Waals surface area contributed by atoms with Crippen LogP contribution in [0.2, 0.25) is 0 Å². The normalized spacial score (nSPS) is 10.7. The van der Waals surface area contributed by atoms with E-state index in [-0.39, 0.29) is 12.4 Å². The molecule has 1 heterocycles. The van der Waals surface area contributed by atoms with Crippen molar-refractivity contribution in [1.82, 2.24) is 4.98 Å². The predicted octanol–water partition coefficient (Wildman–Crippen LogP) is 4.81. The molecule has 0 saturated heterocycles. The molecule has 0 unspecified atom stereocenters. The molecule has 3 aromatic rings. The fraction of sp³-hybridized carbons (Fsp3) is 0.238. The topological polar surface area (TPSA) is 52.3 Å². The van der Waals surface area contributed by atoms with Crippen LogP contribution in [0.4, 0.5) is 0 Å². The summed E-state index contributed by atoms with van der Waals surface area (Å²) < 4.78 is 11.1. The number of hydrogen-bond acceptors (Lipinski definition) is 4. The van der Waals surface area contributed by atoms with E-state index in [0.717, 1.165) is 16.7 Å². The van der Waals surface area contributed by atoms with Crippen molar-refractivity contribution in [2.75, 3.05) is 0 Å². The first-order valence-corrected chi connectivity index (χ1v) is 8.31. The Kier molecular flexibility index (Phi) is 4.98. The van der Waals surface area contributed by atoms with Crippen molar-refractivity contribution in [1.29, 1.82) is 0 Å². The number of hydrogen-bond donors (Lipinski definition) is 0. The van der Waals surface area contributed by atoms with Crippen LogP contribution >= 0.6 is 0 Å². The van der Waals surface area contributed by atoms with E-state index in [4.69, 9.17) is 9.15 Å². The molecule has 2 aromatic carbocycles. The molecule has 0 spiro atoms. The van der Waals surface area contributed by atoms with Gasteiger partial charge in [-0.25, -0.2) is 4.98 Å². The van der Waals surface area contributed by atoms with E-state index in [0.29, 0.717) is 23.8 Å². The Bertz CT molecular complexity index is 878. The zero-order chi connectivity index (χ0) is 17.8. The van der Waals surface area contributed by atoms with E-state index in [1.165, 1.54) is 5.56 Å². The molecule has 0 N–H and O–H groups in total. The van der Waals surface area contributed by atoms with Crippen molar-refractivity contribution in [2.24, 2.45) is 0 Å². The van der Waals surface area contributed by atoms with E-state index >= 15 is 0 Å². The highest BCUT2D eigenvalue weighted by molar-refractivity contribution is 5.73. The number of nitrogens with zero attached hydrogens (tertiary/aromatic N) is 1. The van der Waals surface area contributed by atoms with Crippen LogP contribution in [0.3, 0.4) is 0 Å². The van der Waals surface area contributed by atoms with Gasteiger partial charge >= 0.3 is 5.97 Å². The Labute approximate surface area is 147 Å². The van der Waals surface area contributed by atoms with Crippen LogP contribution < -0.4 is 4.74 Å². The van der Waals surface area contributed by atoms with E-state index in [1.54, 1.807) is 6.20 Å². The van der Waals surface area contributed by atoms with Crippen LogP contribution in [-0.2, 0) is 11.2 Å². The minimum absolute atomic E-state index is 0.223. The molecular weight excluding hydrogens is 314 g/mol. The van der Waals surface area contributed by atoms with Gasteiger partial charge in [0.05, 0.1) is 12.6 Å². The zero-order valence-corrected chi connectivity index (χ0v) is 14.7. The third kappa shape index (κ3) is 4.35. The number of ether oxygens (including phenoxy) is 1. The SMILES string of the molecule is Cc1ccc(-c2cnc(CCC(=O)Oc3ccc(C)cc3C)o2)cc1. The summed E-state index contributed by atoms with van der Waals surface area (Å²) >= 11 is 0. The molecular formula is C21H21NO3. The van der Waals surface area contributed by atoms with Gasteiger partial charge in [0.15, 0.2) is 11.7 Å². The van der Waals surface area contributed by atoms with Gasteiger partial charge < -0.3 is 9.15 Å². The summed E-state index contributed by atoms with van der Waals surface area (Å²) in [5, 5.41) is 0. The van der Waals surface area contributed by atoms with E-state index in [1.807, 2.05) is 63.2 Å². The minimum atomic E-state index is -0.290. The molecule has 0 aliphatic heterocycles. The molecule has 0 radical (unpaired) electrons. The van der Waals surface area contributed by atoms with Crippen molar-refractivity contribution in [2.45, 2.75) is 33.6 Å². The lowest BCUT2D eigenvalue weighted by molar-refractivity contribution is -0.134. The highest BCUT2D eigenvalue weighted by atomic mass is 16.5. The molecule has 0 aliphatic rings. The molecule has 1 aromatic heterocycles. The van der Waals surface area contributed by atoms with E-state index in [2.05, 4.69) is 4.98 Å². The van der Waals surface area contributed by atoms with Crippen LogP contribution in [0.1, 0.15) is 29.0 Å². The Hall–Kier alpha value is -2.88. The second kappa shape index (κ2) is 7.34. The van der Waals surface area contributed by atoms with Gasteiger partial charge in [-0.05, 0) is 32.4 Å². The Balaban J connectivity index is 1.58. The molecule has 4 heteroatoms. The van der Waals surface area contributed by atoms with Crippen molar-refractivity contribution < 1.29 is 13.9 Å². The van der Waals surface area contributed by atoms with E-state index in [9.17, 15) is 4.79 Å². The second-order valence-corrected chi connectivity index (χ2v) is 6.23. The fourth-order valence-corrected chi connectivity index (χ4v) is 2.57. The largest absolute Gasteiger partial charge is 0.441 e. The van der Waals surface area contributed by atoms with Gasteiger partial charge in [0.1, 0.15) is 5.75 Å². The summed E-state index contributed by atoms with van der Waals surface area (Å²) in [5.41, 5.74) is 4.26. The molecule has 0 aliphatic carbocycles.